The molecule has 0 aliphatic carbocycles. The van der Waals surface area contributed by atoms with Gasteiger partial charge in [0.25, 0.3) is 0 Å². The van der Waals surface area contributed by atoms with E-state index in [1.807, 2.05) is 30.3 Å². The molecule has 0 saturated carbocycles. The van der Waals surface area contributed by atoms with Gasteiger partial charge in [-0.15, -0.1) is 0 Å². The third-order valence-corrected chi connectivity index (χ3v) is 4.22. The summed E-state index contributed by atoms with van der Waals surface area (Å²) < 4.78 is 0. The monoisotopic (exact) mass is 287 g/mol. The minimum absolute atomic E-state index is 0.301. The molecule has 0 aromatic heterocycles. The predicted octanol–water partition coefficient (Wildman–Crippen LogP) is 5.02. The molecule has 2 nitrogen and oxygen atoms in total. The van der Waals surface area contributed by atoms with Crippen LogP contribution in [0.1, 0.15) is 11.1 Å². The molecule has 1 N–H and O–H groups in total. The normalized spacial score (nSPS) is 12.7. The van der Waals surface area contributed by atoms with Gasteiger partial charge in [-0.25, -0.2) is 0 Å². The van der Waals surface area contributed by atoms with Gasteiger partial charge in [-0.3, -0.25) is 0 Å². The first-order valence-electron chi connectivity index (χ1n) is 7.48. The van der Waals surface area contributed by atoms with Crippen LogP contribution in [0.25, 0.3) is 11.1 Å². The van der Waals surface area contributed by atoms with Crippen molar-refractivity contribution >= 4 is 11.4 Å². The molecule has 4 rings (SSSR count). The van der Waals surface area contributed by atoms with Gasteiger partial charge in [-0.05, 0) is 42.3 Å². The van der Waals surface area contributed by atoms with E-state index in [0.717, 1.165) is 17.9 Å². The van der Waals surface area contributed by atoms with Crippen LogP contribution in [0.2, 0.25) is 0 Å². The van der Waals surface area contributed by atoms with Crippen LogP contribution >= 0.6 is 0 Å². The third kappa shape index (κ3) is 2.04. The lowest BCUT2D eigenvalue weighted by molar-refractivity contribution is 0.475. The van der Waals surface area contributed by atoms with Crippen LogP contribution in [0.5, 0.6) is 5.75 Å². The largest absolute Gasteiger partial charge is 0.508 e. The van der Waals surface area contributed by atoms with Crippen molar-refractivity contribution < 1.29 is 5.11 Å². The molecule has 3 aromatic rings. The highest BCUT2D eigenvalue weighted by atomic mass is 16.3. The van der Waals surface area contributed by atoms with Crippen LogP contribution < -0.4 is 4.90 Å². The Bertz CT molecular complexity index is 840. The van der Waals surface area contributed by atoms with Gasteiger partial charge in [-0.2, -0.15) is 0 Å². The van der Waals surface area contributed by atoms with E-state index in [0.29, 0.717) is 5.75 Å². The Morgan fingerprint density at radius 1 is 0.864 bits per heavy atom. The summed E-state index contributed by atoms with van der Waals surface area (Å²) in [6, 6.07) is 22.5. The van der Waals surface area contributed by atoms with E-state index >= 15 is 0 Å². The summed E-state index contributed by atoms with van der Waals surface area (Å²) in [7, 11) is 0. The molecule has 1 heterocycles. The van der Waals surface area contributed by atoms with E-state index in [1.54, 1.807) is 6.07 Å². The average Bonchev–Trinajstić information content (AvgIpc) is 2.54. The number of benzene rings is 3. The van der Waals surface area contributed by atoms with Gasteiger partial charge >= 0.3 is 0 Å². The van der Waals surface area contributed by atoms with Gasteiger partial charge in [0.15, 0.2) is 0 Å². The fraction of sp³-hybridized carbons (Fsp3) is 0.100. The Morgan fingerprint density at radius 2 is 1.64 bits per heavy atom. The van der Waals surface area contributed by atoms with Crippen LogP contribution in [-0.2, 0) is 6.54 Å². The Hall–Kier alpha value is -2.74. The topological polar surface area (TPSA) is 23.5 Å². The number of fused-ring (bicyclic) bond motifs is 3. The number of hydrogen-bond donors (Lipinski definition) is 1. The van der Waals surface area contributed by atoms with Crippen LogP contribution in [-0.4, -0.2) is 5.11 Å². The van der Waals surface area contributed by atoms with Crippen molar-refractivity contribution in [1.82, 2.24) is 0 Å². The zero-order valence-corrected chi connectivity index (χ0v) is 12.5. The number of phenols is 1. The highest BCUT2D eigenvalue weighted by molar-refractivity contribution is 5.88. The number of rotatable bonds is 1. The van der Waals surface area contributed by atoms with E-state index in [2.05, 4.69) is 42.2 Å². The molecule has 22 heavy (non-hydrogen) atoms. The second-order valence-corrected chi connectivity index (χ2v) is 5.78. The first kappa shape index (κ1) is 13.0. The van der Waals surface area contributed by atoms with Crippen molar-refractivity contribution in [3.8, 4) is 16.9 Å². The minimum atomic E-state index is 0.301. The molecule has 0 saturated heterocycles. The summed E-state index contributed by atoms with van der Waals surface area (Å²) in [5.41, 5.74) is 7.22. The van der Waals surface area contributed by atoms with Gasteiger partial charge in [0.05, 0.1) is 5.69 Å². The average molecular weight is 287 g/mol. The van der Waals surface area contributed by atoms with E-state index in [9.17, 15) is 5.11 Å². The number of para-hydroxylation sites is 1. The zero-order chi connectivity index (χ0) is 15.1. The maximum atomic E-state index is 9.92. The van der Waals surface area contributed by atoms with Crippen LogP contribution in [0.15, 0.2) is 66.7 Å². The van der Waals surface area contributed by atoms with Crippen molar-refractivity contribution in [2.24, 2.45) is 0 Å². The molecular weight excluding hydrogens is 270 g/mol. The van der Waals surface area contributed by atoms with Crippen LogP contribution in [0, 0.1) is 6.92 Å². The lowest BCUT2D eigenvalue weighted by atomic mass is 9.91. The van der Waals surface area contributed by atoms with Crippen LogP contribution in [0.3, 0.4) is 0 Å². The van der Waals surface area contributed by atoms with Crippen molar-refractivity contribution in [2.75, 3.05) is 4.90 Å². The Labute approximate surface area is 130 Å². The molecule has 0 fully saturated rings. The van der Waals surface area contributed by atoms with E-state index in [-0.39, 0.29) is 0 Å². The second-order valence-electron chi connectivity index (χ2n) is 5.78. The summed E-state index contributed by atoms with van der Waals surface area (Å²) in [5.74, 6) is 0.301. The van der Waals surface area contributed by atoms with Crippen molar-refractivity contribution in [2.45, 2.75) is 13.5 Å². The molecule has 0 bridgehead atoms. The molecular formula is C20H17NO. The number of aromatic hydroxyl groups is 1. The van der Waals surface area contributed by atoms with Gasteiger partial charge in [0, 0.05) is 23.9 Å². The Balaban J connectivity index is 1.95. The highest BCUT2D eigenvalue weighted by Crippen LogP contribution is 2.44. The summed E-state index contributed by atoms with van der Waals surface area (Å²) in [4.78, 5) is 2.26. The molecule has 0 amide bonds. The fourth-order valence-corrected chi connectivity index (χ4v) is 3.18. The summed E-state index contributed by atoms with van der Waals surface area (Å²) >= 11 is 0. The predicted molar refractivity (Wildman–Crippen MR) is 90.6 cm³/mol. The molecule has 2 heteroatoms. The van der Waals surface area contributed by atoms with Gasteiger partial charge in [0.1, 0.15) is 5.75 Å². The molecule has 0 atom stereocenters. The van der Waals surface area contributed by atoms with Crippen molar-refractivity contribution in [3.05, 3.63) is 77.9 Å². The molecule has 1 aliphatic heterocycles. The van der Waals surface area contributed by atoms with Crippen molar-refractivity contribution in [1.29, 1.82) is 0 Å². The summed E-state index contributed by atoms with van der Waals surface area (Å²) in [6.07, 6.45) is 0. The highest BCUT2D eigenvalue weighted by Gasteiger charge is 2.23. The number of hydrogen-bond acceptors (Lipinski definition) is 2. The van der Waals surface area contributed by atoms with E-state index in [1.165, 1.54) is 22.3 Å². The fourth-order valence-electron chi connectivity index (χ4n) is 3.18. The Kier molecular flexibility index (Phi) is 2.90. The number of phenolic OH excluding ortho intramolecular Hbond substituents is 1. The number of nitrogens with zero attached hydrogens (tertiary/aromatic N) is 1. The van der Waals surface area contributed by atoms with E-state index in [4.69, 9.17) is 0 Å². The van der Waals surface area contributed by atoms with Gasteiger partial charge in [-0.1, -0.05) is 42.0 Å². The smallest absolute Gasteiger partial charge is 0.117 e. The van der Waals surface area contributed by atoms with Crippen LogP contribution in [0.4, 0.5) is 11.4 Å². The molecule has 0 radical (unpaired) electrons. The van der Waals surface area contributed by atoms with E-state index < -0.39 is 0 Å². The van der Waals surface area contributed by atoms with Gasteiger partial charge in [0.2, 0.25) is 0 Å². The maximum absolute atomic E-state index is 9.92. The quantitative estimate of drug-likeness (QED) is 0.679. The van der Waals surface area contributed by atoms with Crippen molar-refractivity contribution in [3.63, 3.8) is 0 Å². The molecule has 1 aliphatic rings. The summed E-state index contributed by atoms with van der Waals surface area (Å²) in [5, 5.41) is 9.92. The zero-order valence-electron chi connectivity index (χ0n) is 12.5. The summed E-state index contributed by atoms with van der Waals surface area (Å²) in [6.45, 7) is 2.94. The molecule has 3 aromatic carbocycles. The minimum Gasteiger partial charge on any atom is -0.508 e. The lowest BCUT2D eigenvalue weighted by Gasteiger charge is -2.33. The maximum Gasteiger partial charge on any atom is 0.117 e. The first-order chi connectivity index (χ1) is 10.7. The second kappa shape index (κ2) is 4.92. The first-order valence-corrected chi connectivity index (χ1v) is 7.48. The van der Waals surface area contributed by atoms with Gasteiger partial charge < -0.3 is 10.0 Å². The molecule has 0 spiro atoms. The standard InChI is InChI=1S/C20H17NO/c1-14-7-9-18-15(11-14)13-21(16-5-3-2-4-6-16)20-12-17(22)8-10-19(18)20/h2-12,22H,13H2,1H3. The SMILES string of the molecule is Cc1ccc2c(c1)CN(c1ccccc1)c1cc(O)ccc1-2. The number of anilines is 2. The Morgan fingerprint density at radius 3 is 2.45 bits per heavy atom. The molecule has 108 valence electrons. The molecule has 0 unspecified atom stereocenters. The number of aryl methyl sites for hydroxylation is 1. The third-order valence-electron chi connectivity index (χ3n) is 4.22. The lowest BCUT2D eigenvalue weighted by Crippen LogP contribution is -2.21.